The lowest BCUT2D eigenvalue weighted by molar-refractivity contribution is 0.0687. The number of aromatic nitrogens is 1. The predicted octanol–water partition coefficient (Wildman–Crippen LogP) is 0.233. The van der Waals surface area contributed by atoms with Gasteiger partial charge < -0.3 is 10.2 Å². The molecule has 1 aromatic rings. The number of rotatable bonds is 4. The molecule has 0 radical (unpaired) electrons. The van der Waals surface area contributed by atoms with E-state index in [1.807, 2.05) is 6.92 Å². The molecule has 1 fully saturated rings. The van der Waals surface area contributed by atoms with Crippen LogP contribution in [-0.4, -0.2) is 53.1 Å². The molecule has 2 unspecified atom stereocenters. The molecule has 1 aromatic heterocycles. The van der Waals surface area contributed by atoms with Gasteiger partial charge in [-0.3, -0.25) is 0 Å². The molecule has 0 bridgehead atoms. The van der Waals surface area contributed by atoms with E-state index >= 15 is 0 Å². The average molecular weight is 306 g/mol. The number of aliphatic hydroxyl groups is 1. The minimum atomic E-state index is -3.92. The molecule has 0 aliphatic carbocycles. The highest BCUT2D eigenvalue weighted by atomic mass is 32.2. The molecule has 0 saturated carbocycles. The Morgan fingerprint density at radius 3 is 2.89 bits per heavy atom. The predicted molar refractivity (Wildman–Crippen MR) is 67.6 cm³/mol. The van der Waals surface area contributed by atoms with Gasteiger partial charge in [-0.2, -0.15) is 4.31 Å². The second kappa shape index (κ2) is 5.16. The Morgan fingerprint density at radius 2 is 2.32 bits per heavy atom. The van der Waals surface area contributed by atoms with E-state index in [2.05, 4.69) is 4.98 Å². The molecule has 2 heterocycles. The van der Waals surface area contributed by atoms with Gasteiger partial charge in [-0.1, -0.05) is 6.92 Å². The Balaban J connectivity index is 2.43. The van der Waals surface area contributed by atoms with Crippen molar-refractivity contribution < 1.29 is 23.4 Å². The fraction of sp³-hybridized carbons (Fsp3) is 0.600. The number of thiazole rings is 1. The summed E-state index contributed by atoms with van der Waals surface area (Å²) in [6.45, 7) is 1.87. The van der Waals surface area contributed by atoms with Gasteiger partial charge >= 0.3 is 5.97 Å². The molecular formula is C10H14N2O5S2. The second-order valence-corrected chi connectivity index (χ2v) is 7.37. The molecule has 1 aliphatic heterocycles. The Morgan fingerprint density at radius 1 is 1.63 bits per heavy atom. The number of nitrogens with zero attached hydrogens (tertiary/aromatic N) is 2. The van der Waals surface area contributed by atoms with Crippen molar-refractivity contribution in [2.75, 3.05) is 13.2 Å². The van der Waals surface area contributed by atoms with Crippen LogP contribution in [-0.2, 0) is 10.0 Å². The first kappa shape index (κ1) is 14.4. The van der Waals surface area contributed by atoms with Crippen molar-refractivity contribution in [1.82, 2.24) is 9.29 Å². The summed E-state index contributed by atoms with van der Waals surface area (Å²) in [5.41, 5.74) is 0.741. The van der Waals surface area contributed by atoms with Crippen LogP contribution < -0.4 is 0 Å². The summed E-state index contributed by atoms with van der Waals surface area (Å²) in [6.07, 6.45) is 0.645. The monoisotopic (exact) mass is 306 g/mol. The Hall–Kier alpha value is -1.03. The zero-order valence-electron chi connectivity index (χ0n) is 10.2. The highest BCUT2D eigenvalue weighted by Crippen LogP contribution is 2.32. The molecule has 2 rings (SSSR count). The largest absolute Gasteiger partial charge is 0.476 e. The van der Waals surface area contributed by atoms with Crippen molar-refractivity contribution in [1.29, 1.82) is 0 Å². The first-order valence-electron chi connectivity index (χ1n) is 5.69. The molecule has 1 saturated heterocycles. The molecule has 0 spiro atoms. The van der Waals surface area contributed by atoms with Gasteiger partial charge in [0.05, 0.1) is 18.2 Å². The van der Waals surface area contributed by atoms with Gasteiger partial charge in [0.1, 0.15) is 0 Å². The summed E-state index contributed by atoms with van der Waals surface area (Å²) < 4.78 is 25.8. The number of carbonyl (C=O) groups is 1. The van der Waals surface area contributed by atoms with Gasteiger partial charge in [0, 0.05) is 6.54 Å². The van der Waals surface area contributed by atoms with E-state index in [0.717, 1.165) is 11.3 Å². The normalized spacial score (nSPS) is 24.7. The summed E-state index contributed by atoms with van der Waals surface area (Å²) in [7, 11) is -3.92. The van der Waals surface area contributed by atoms with Crippen molar-refractivity contribution in [3.05, 3.63) is 11.2 Å². The van der Waals surface area contributed by atoms with Crippen molar-refractivity contribution in [2.45, 2.75) is 23.6 Å². The van der Waals surface area contributed by atoms with Crippen LogP contribution in [0.5, 0.6) is 0 Å². The van der Waals surface area contributed by atoms with Crippen LogP contribution in [0.25, 0.3) is 0 Å². The number of aliphatic hydroxyl groups excluding tert-OH is 1. The first-order chi connectivity index (χ1) is 8.89. The van der Waals surface area contributed by atoms with Crippen LogP contribution >= 0.6 is 11.3 Å². The Bertz CT molecular complexity index is 582. The number of aromatic carboxylic acids is 1. The fourth-order valence-electron chi connectivity index (χ4n) is 2.21. The summed E-state index contributed by atoms with van der Waals surface area (Å²) in [4.78, 5) is 14.5. The van der Waals surface area contributed by atoms with Crippen LogP contribution in [0.1, 0.15) is 23.8 Å². The lowest BCUT2D eigenvalue weighted by Gasteiger charge is -2.23. The van der Waals surface area contributed by atoms with E-state index in [0.29, 0.717) is 6.42 Å². The van der Waals surface area contributed by atoms with Gasteiger partial charge in [-0.25, -0.2) is 18.2 Å². The van der Waals surface area contributed by atoms with E-state index in [9.17, 15) is 18.3 Å². The first-order valence-corrected chi connectivity index (χ1v) is 8.01. The quantitative estimate of drug-likeness (QED) is 0.824. The molecule has 106 valence electrons. The van der Waals surface area contributed by atoms with E-state index in [4.69, 9.17) is 5.11 Å². The number of carboxylic acid groups (broad SMARTS) is 1. The Labute approximate surface area is 114 Å². The minimum Gasteiger partial charge on any atom is -0.476 e. The topological polar surface area (TPSA) is 108 Å². The van der Waals surface area contributed by atoms with Gasteiger partial charge in [0.25, 0.3) is 10.0 Å². The summed E-state index contributed by atoms with van der Waals surface area (Å²) >= 11 is 0.782. The SMILES string of the molecule is CC1CCN(S(=O)(=O)c2scnc2C(=O)O)C1CO. The van der Waals surface area contributed by atoms with Crippen LogP contribution in [0.2, 0.25) is 0 Å². The van der Waals surface area contributed by atoms with E-state index in [1.54, 1.807) is 0 Å². The van der Waals surface area contributed by atoms with E-state index < -0.39 is 27.7 Å². The third-order valence-corrected chi connectivity index (χ3v) is 6.57. The average Bonchev–Trinajstić information content (AvgIpc) is 2.94. The van der Waals surface area contributed by atoms with Gasteiger partial charge in [0.2, 0.25) is 0 Å². The molecule has 1 aliphatic rings. The maximum atomic E-state index is 12.5. The molecule has 19 heavy (non-hydrogen) atoms. The third kappa shape index (κ3) is 2.38. The third-order valence-electron chi connectivity index (χ3n) is 3.30. The lowest BCUT2D eigenvalue weighted by atomic mass is 10.0. The van der Waals surface area contributed by atoms with Gasteiger partial charge in [0.15, 0.2) is 9.90 Å². The molecule has 9 heteroatoms. The minimum absolute atomic E-state index is 0.0426. The van der Waals surface area contributed by atoms with Crippen LogP contribution in [0, 0.1) is 5.92 Å². The van der Waals surface area contributed by atoms with Gasteiger partial charge in [-0.15, -0.1) is 11.3 Å². The zero-order valence-corrected chi connectivity index (χ0v) is 11.8. The molecule has 2 N–H and O–H groups in total. The highest BCUT2D eigenvalue weighted by molar-refractivity contribution is 7.91. The van der Waals surface area contributed by atoms with Crippen LogP contribution in [0.3, 0.4) is 0 Å². The second-order valence-electron chi connectivity index (χ2n) is 4.43. The standard InChI is InChI=1S/C10H14N2O5S2/c1-6-2-3-12(7(6)4-13)19(16,17)10-8(9(14)15)11-5-18-10/h5-7,13H,2-4H2,1H3,(H,14,15). The van der Waals surface area contributed by atoms with Crippen molar-refractivity contribution in [2.24, 2.45) is 5.92 Å². The van der Waals surface area contributed by atoms with Crippen molar-refractivity contribution in [3.63, 3.8) is 0 Å². The number of hydrogen-bond acceptors (Lipinski definition) is 6. The zero-order chi connectivity index (χ0) is 14.2. The smallest absolute Gasteiger partial charge is 0.356 e. The van der Waals surface area contributed by atoms with Crippen molar-refractivity contribution in [3.8, 4) is 0 Å². The number of hydrogen-bond donors (Lipinski definition) is 2. The molecular weight excluding hydrogens is 292 g/mol. The van der Waals surface area contributed by atoms with E-state index in [1.165, 1.54) is 9.82 Å². The number of sulfonamides is 1. The van der Waals surface area contributed by atoms with Crippen LogP contribution in [0.4, 0.5) is 0 Å². The highest BCUT2D eigenvalue weighted by Gasteiger charge is 2.41. The molecule has 0 amide bonds. The van der Waals surface area contributed by atoms with Crippen LogP contribution in [0.15, 0.2) is 9.72 Å². The fourth-order valence-corrected chi connectivity index (χ4v) is 5.19. The number of carboxylic acids is 1. The molecule has 7 nitrogen and oxygen atoms in total. The maximum Gasteiger partial charge on any atom is 0.356 e. The summed E-state index contributed by atoms with van der Waals surface area (Å²) in [5.74, 6) is -1.33. The molecule has 0 aromatic carbocycles. The van der Waals surface area contributed by atoms with Gasteiger partial charge in [-0.05, 0) is 12.3 Å². The lowest BCUT2D eigenvalue weighted by Crippen LogP contribution is -2.39. The summed E-state index contributed by atoms with van der Waals surface area (Å²) in [6, 6.07) is -0.506. The van der Waals surface area contributed by atoms with Crippen molar-refractivity contribution >= 4 is 27.3 Å². The summed E-state index contributed by atoms with van der Waals surface area (Å²) in [5, 5.41) is 18.3. The Kier molecular flexibility index (Phi) is 3.90. The molecule has 2 atom stereocenters. The van der Waals surface area contributed by atoms with E-state index in [-0.39, 0.29) is 23.3 Å². The maximum absolute atomic E-state index is 12.5.